The molecule has 1 aromatic carbocycles. The third-order valence-corrected chi connectivity index (χ3v) is 11.3. The Morgan fingerprint density at radius 1 is 1.15 bits per heavy atom. The second-order valence-corrected chi connectivity index (χ2v) is 14.8. The minimum Gasteiger partial charge on any atom is -0.493 e. The highest BCUT2D eigenvalue weighted by atomic mass is 32.2. The number of anilines is 2. The number of nitrogens with two attached hydrogens (primary N) is 1. The lowest BCUT2D eigenvalue weighted by atomic mass is 9.58. The number of ether oxygens (including phenoxy) is 5. The van der Waals surface area contributed by atoms with Crippen LogP contribution in [-0.4, -0.2) is 71.6 Å². The van der Waals surface area contributed by atoms with E-state index in [1.54, 1.807) is 25.1 Å². The Labute approximate surface area is 276 Å². The van der Waals surface area contributed by atoms with Crippen LogP contribution in [0.5, 0.6) is 5.75 Å². The predicted octanol–water partition coefficient (Wildman–Crippen LogP) is 5.02. The summed E-state index contributed by atoms with van der Waals surface area (Å²) in [5, 5.41) is 10.8. The number of benzene rings is 1. The minimum atomic E-state index is -0.840. The largest absolute Gasteiger partial charge is 0.493 e. The van der Waals surface area contributed by atoms with E-state index in [1.807, 2.05) is 6.92 Å². The number of aromatic nitrogens is 2. The molecule has 5 heterocycles. The van der Waals surface area contributed by atoms with Gasteiger partial charge in [-0.25, -0.2) is 14.6 Å². The van der Waals surface area contributed by atoms with Gasteiger partial charge in [-0.3, -0.25) is 4.79 Å². The molecular weight excluding hydrogens is 636 g/mol. The summed E-state index contributed by atoms with van der Waals surface area (Å²) >= 11 is 2.45. The summed E-state index contributed by atoms with van der Waals surface area (Å²) in [6.07, 6.45) is 3.34. The van der Waals surface area contributed by atoms with Crippen LogP contribution in [0.25, 0.3) is 0 Å². The van der Waals surface area contributed by atoms with Crippen LogP contribution in [0.15, 0.2) is 22.5 Å². The van der Waals surface area contributed by atoms with Crippen LogP contribution in [0.3, 0.4) is 0 Å². The van der Waals surface area contributed by atoms with E-state index < -0.39 is 29.9 Å². The van der Waals surface area contributed by atoms with Crippen molar-refractivity contribution in [3.05, 3.63) is 23.8 Å². The van der Waals surface area contributed by atoms with E-state index in [0.29, 0.717) is 45.8 Å². The maximum Gasteiger partial charge on any atom is 0.341 e. The summed E-state index contributed by atoms with van der Waals surface area (Å²) in [6, 6.07) is 4.83. The SMILES string of the molecule is CCOC(=O)c1ccc(NC(=O)CSc2nnc(N)s2)cc1OCCCO[C@H]1O[C@@H]2O[C@@]3(C)CCC4[C@H](C)CC[C@@H]([C@H]1C)[C@]42OO3. The molecule has 5 aliphatic rings. The lowest BCUT2D eigenvalue weighted by Gasteiger charge is -2.60. The van der Waals surface area contributed by atoms with Crippen LogP contribution in [0, 0.1) is 23.7 Å². The lowest BCUT2D eigenvalue weighted by molar-refractivity contribution is -0.577. The van der Waals surface area contributed by atoms with E-state index in [9.17, 15) is 9.59 Å². The van der Waals surface area contributed by atoms with Gasteiger partial charge in [0.05, 0.1) is 25.6 Å². The first kappa shape index (κ1) is 33.4. The third kappa shape index (κ3) is 6.73. The number of esters is 1. The molecule has 1 aliphatic carbocycles. The molecule has 2 aromatic rings. The predicted molar refractivity (Wildman–Crippen MR) is 169 cm³/mol. The Bertz CT molecular complexity index is 1410. The molecule has 3 N–H and O–H groups in total. The first-order chi connectivity index (χ1) is 22.1. The zero-order valence-corrected chi connectivity index (χ0v) is 28.2. The smallest absolute Gasteiger partial charge is 0.341 e. The molecule has 1 unspecified atom stereocenters. The van der Waals surface area contributed by atoms with Crippen molar-refractivity contribution in [2.24, 2.45) is 23.7 Å². The van der Waals surface area contributed by atoms with Gasteiger partial charge < -0.3 is 34.7 Å². The number of carbonyl (C=O) groups is 2. The maximum absolute atomic E-state index is 12.6. The van der Waals surface area contributed by atoms with Crippen molar-refractivity contribution in [2.75, 3.05) is 36.6 Å². The van der Waals surface area contributed by atoms with E-state index in [-0.39, 0.29) is 42.3 Å². The van der Waals surface area contributed by atoms with Crippen molar-refractivity contribution in [1.29, 1.82) is 0 Å². The number of amides is 1. The van der Waals surface area contributed by atoms with Gasteiger partial charge in [-0.2, -0.15) is 0 Å². The fourth-order valence-electron chi connectivity index (χ4n) is 7.20. The van der Waals surface area contributed by atoms with Crippen molar-refractivity contribution < 1.29 is 43.0 Å². The minimum absolute atomic E-state index is 0.0694. The number of thioether (sulfide) groups is 1. The maximum atomic E-state index is 12.6. The molecule has 0 radical (unpaired) electrons. The average molecular weight is 679 g/mol. The fourth-order valence-corrected chi connectivity index (χ4v) is 8.64. The molecule has 7 rings (SSSR count). The van der Waals surface area contributed by atoms with Crippen molar-refractivity contribution in [3.63, 3.8) is 0 Å². The Hall–Kier alpha value is -2.53. The second-order valence-electron chi connectivity index (χ2n) is 12.5. The quantitative estimate of drug-likeness (QED) is 0.133. The molecular formula is C31H42N4O9S2. The Morgan fingerprint density at radius 3 is 2.78 bits per heavy atom. The average Bonchev–Trinajstić information content (AvgIpc) is 3.31. The zero-order chi connectivity index (χ0) is 32.5. The highest BCUT2D eigenvalue weighted by molar-refractivity contribution is 8.01. The molecule has 2 bridgehead atoms. The molecule has 4 saturated heterocycles. The lowest BCUT2D eigenvalue weighted by Crippen LogP contribution is -2.70. The topological polar surface area (TPSA) is 163 Å². The van der Waals surface area contributed by atoms with Crippen LogP contribution in [-0.2, 0) is 33.5 Å². The van der Waals surface area contributed by atoms with Gasteiger partial charge in [0.25, 0.3) is 0 Å². The summed E-state index contributed by atoms with van der Waals surface area (Å²) < 4.78 is 31.1. The van der Waals surface area contributed by atoms with Gasteiger partial charge in [0.2, 0.25) is 16.8 Å². The molecule has 8 atom stereocenters. The summed E-state index contributed by atoms with van der Waals surface area (Å²) in [5.74, 6) is -0.143. The zero-order valence-electron chi connectivity index (χ0n) is 26.5. The highest BCUT2D eigenvalue weighted by Gasteiger charge is 2.69. The number of nitrogen functional groups attached to an aromatic ring is 1. The van der Waals surface area contributed by atoms with Gasteiger partial charge in [-0.05, 0) is 57.1 Å². The molecule has 5 fully saturated rings. The van der Waals surface area contributed by atoms with Crippen molar-refractivity contribution in [2.45, 2.75) is 88.1 Å². The highest BCUT2D eigenvalue weighted by Crippen LogP contribution is 2.60. The van der Waals surface area contributed by atoms with E-state index in [0.717, 1.165) is 25.7 Å². The van der Waals surface area contributed by atoms with E-state index in [1.165, 1.54) is 23.1 Å². The number of hydrogen-bond donors (Lipinski definition) is 2. The summed E-state index contributed by atoms with van der Waals surface area (Å²) in [7, 11) is 0. The van der Waals surface area contributed by atoms with E-state index in [2.05, 4.69) is 29.4 Å². The van der Waals surface area contributed by atoms with Gasteiger partial charge >= 0.3 is 5.97 Å². The Balaban J connectivity index is 1.05. The van der Waals surface area contributed by atoms with Crippen LogP contribution in [0.4, 0.5) is 10.8 Å². The second kappa shape index (κ2) is 13.9. The van der Waals surface area contributed by atoms with Crippen LogP contribution >= 0.6 is 23.1 Å². The number of hydrogen-bond acceptors (Lipinski definition) is 14. The normalized spacial score (nSPS) is 33.1. The molecule has 13 nitrogen and oxygen atoms in total. The van der Waals surface area contributed by atoms with Gasteiger partial charge in [-0.1, -0.05) is 36.9 Å². The summed E-state index contributed by atoms with van der Waals surface area (Å²) in [5.41, 5.74) is 5.73. The summed E-state index contributed by atoms with van der Waals surface area (Å²) in [4.78, 5) is 37.3. The third-order valence-electron chi connectivity index (χ3n) is 9.44. The Kier molecular flexibility index (Phi) is 10.1. The number of rotatable bonds is 12. The number of carbonyl (C=O) groups excluding carboxylic acids is 2. The van der Waals surface area contributed by atoms with Crippen molar-refractivity contribution >= 4 is 45.8 Å². The number of fused-ring (bicyclic) bond motifs is 2. The van der Waals surface area contributed by atoms with Gasteiger partial charge in [0.1, 0.15) is 11.3 Å². The van der Waals surface area contributed by atoms with Crippen LogP contribution in [0.2, 0.25) is 0 Å². The standard InChI is InChI=1S/C31H42N4O9S2/c1-5-38-25(37)20-9-8-19(33-24(36)16-45-29-35-34-28(32)46-29)15-23(20)39-13-6-14-40-26-18(3)22-10-7-17(2)21-11-12-30(4)42-27(41-26)31(21,22)44-43-30/h8-9,15,17-18,21-22,26-27H,5-7,10-14,16H2,1-4H3,(H2,32,34)(H,33,36)/t17-,18-,21?,22+,26+,27-,30-,31-/m1/s1. The van der Waals surface area contributed by atoms with Gasteiger partial charge in [-0.15, -0.1) is 10.2 Å². The first-order valence-electron chi connectivity index (χ1n) is 15.9. The molecule has 1 aromatic heterocycles. The van der Waals surface area contributed by atoms with Crippen LogP contribution < -0.4 is 15.8 Å². The van der Waals surface area contributed by atoms with Crippen molar-refractivity contribution in [3.8, 4) is 5.75 Å². The fraction of sp³-hybridized carbons (Fsp3) is 0.677. The number of nitrogens with one attached hydrogen (secondary N) is 1. The molecule has 1 saturated carbocycles. The molecule has 15 heteroatoms. The van der Waals surface area contributed by atoms with Crippen molar-refractivity contribution in [1.82, 2.24) is 10.2 Å². The molecule has 252 valence electrons. The first-order valence-corrected chi connectivity index (χ1v) is 17.7. The molecule has 1 spiro atoms. The summed E-state index contributed by atoms with van der Waals surface area (Å²) in [6.45, 7) is 8.95. The van der Waals surface area contributed by atoms with Gasteiger partial charge in [0, 0.05) is 36.4 Å². The van der Waals surface area contributed by atoms with Crippen LogP contribution in [0.1, 0.15) is 70.2 Å². The Morgan fingerprint density at radius 2 is 2.00 bits per heavy atom. The van der Waals surface area contributed by atoms with E-state index >= 15 is 0 Å². The molecule has 4 aliphatic heterocycles. The van der Waals surface area contributed by atoms with E-state index in [4.69, 9.17) is 39.2 Å². The monoisotopic (exact) mass is 678 g/mol. The molecule has 46 heavy (non-hydrogen) atoms. The number of nitrogens with zero attached hydrogens (tertiary/aromatic N) is 2. The molecule has 1 amide bonds. The van der Waals surface area contributed by atoms with Gasteiger partial charge in [0.15, 0.2) is 22.5 Å².